The largest absolute Gasteiger partial charge is 0.352 e. The fourth-order valence-electron chi connectivity index (χ4n) is 2.79. The van der Waals surface area contributed by atoms with Crippen molar-refractivity contribution in [3.63, 3.8) is 0 Å². The van der Waals surface area contributed by atoms with Crippen LogP contribution in [0, 0.1) is 0 Å². The van der Waals surface area contributed by atoms with E-state index in [-0.39, 0.29) is 0 Å². The van der Waals surface area contributed by atoms with Gasteiger partial charge in [0.05, 0.1) is 11.3 Å². The number of benzene rings is 3. The summed E-state index contributed by atoms with van der Waals surface area (Å²) in [5.74, 6) is 3.22. The minimum atomic E-state index is -0.554. The zero-order chi connectivity index (χ0) is 19.1. The SMILES string of the molecule is COC(OC)c1cc(Cl)ccc1N=C=C(c1ccccc1)c1ccccc1. The summed E-state index contributed by atoms with van der Waals surface area (Å²) >= 11 is 6.15. The summed E-state index contributed by atoms with van der Waals surface area (Å²) < 4.78 is 10.8. The summed E-state index contributed by atoms with van der Waals surface area (Å²) in [5, 5.41) is 0.596. The maximum atomic E-state index is 6.15. The van der Waals surface area contributed by atoms with Crippen molar-refractivity contribution in [2.24, 2.45) is 4.99 Å². The van der Waals surface area contributed by atoms with E-state index in [2.05, 4.69) is 10.9 Å². The number of halogens is 1. The number of hydrogen-bond donors (Lipinski definition) is 0. The van der Waals surface area contributed by atoms with E-state index < -0.39 is 6.29 Å². The highest BCUT2D eigenvalue weighted by molar-refractivity contribution is 6.30. The zero-order valence-corrected chi connectivity index (χ0v) is 16.0. The average Bonchev–Trinajstić information content (AvgIpc) is 2.72. The molecule has 0 bridgehead atoms. The van der Waals surface area contributed by atoms with Gasteiger partial charge in [-0.3, -0.25) is 0 Å². The molecule has 27 heavy (non-hydrogen) atoms. The van der Waals surface area contributed by atoms with E-state index in [1.54, 1.807) is 26.4 Å². The second-order valence-corrected chi connectivity index (χ2v) is 6.27. The van der Waals surface area contributed by atoms with Crippen molar-refractivity contribution in [1.29, 1.82) is 0 Å². The predicted octanol–water partition coefficient (Wildman–Crippen LogP) is 6.06. The molecule has 0 atom stereocenters. The molecule has 0 saturated carbocycles. The van der Waals surface area contributed by atoms with E-state index in [9.17, 15) is 0 Å². The molecule has 0 fully saturated rings. The van der Waals surface area contributed by atoms with Crippen LogP contribution in [0.2, 0.25) is 5.02 Å². The summed E-state index contributed by atoms with van der Waals surface area (Å²) in [6.07, 6.45) is -0.554. The summed E-state index contributed by atoms with van der Waals surface area (Å²) in [4.78, 5) is 4.61. The van der Waals surface area contributed by atoms with Crippen molar-refractivity contribution < 1.29 is 9.47 Å². The van der Waals surface area contributed by atoms with Crippen molar-refractivity contribution >= 4 is 28.7 Å². The Morgan fingerprint density at radius 3 is 1.93 bits per heavy atom. The van der Waals surface area contributed by atoms with E-state index >= 15 is 0 Å². The Labute approximate surface area is 164 Å². The first-order chi connectivity index (χ1) is 13.2. The van der Waals surface area contributed by atoms with Crippen LogP contribution >= 0.6 is 11.6 Å². The number of aliphatic imine (C=N–C) groups is 1. The first-order valence-electron chi connectivity index (χ1n) is 8.52. The fourth-order valence-corrected chi connectivity index (χ4v) is 2.97. The zero-order valence-electron chi connectivity index (χ0n) is 15.2. The van der Waals surface area contributed by atoms with E-state index in [1.807, 2.05) is 66.7 Å². The van der Waals surface area contributed by atoms with Gasteiger partial charge >= 0.3 is 0 Å². The predicted molar refractivity (Wildman–Crippen MR) is 111 cm³/mol. The highest BCUT2D eigenvalue weighted by Crippen LogP contribution is 2.31. The average molecular weight is 378 g/mol. The van der Waals surface area contributed by atoms with Gasteiger partial charge in [0.2, 0.25) is 0 Å². The second kappa shape index (κ2) is 9.31. The number of methoxy groups -OCH3 is 2. The third-order valence-corrected chi connectivity index (χ3v) is 4.32. The molecule has 0 aliphatic heterocycles. The molecule has 0 unspecified atom stereocenters. The second-order valence-electron chi connectivity index (χ2n) is 5.84. The lowest BCUT2D eigenvalue weighted by molar-refractivity contribution is -0.105. The lowest BCUT2D eigenvalue weighted by Gasteiger charge is -2.15. The van der Waals surface area contributed by atoms with E-state index in [0.717, 1.165) is 22.3 Å². The number of hydrogen-bond acceptors (Lipinski definition) is 3. The van der Waals surface area contributed by atoms with Gasteiger partial charge in [-0.05, 0) is 35.2 Å². The number of ether oxygens (including phenoxy) is 2. The molecule has 3 aromatic carbocycles. The van der Waals surface area contributed by atoms with Crippen molar-refractivity contribution in [2.75, 3.05) is 14.2 Å². The van der Waals surface area contributed by atoms with Gasteiger partial charge in [-0.15, -0.1) is 0 Å². The molecule has 3 aromatic rings. The van der Waals surface area contributed by atoms with Crippen molar-refractivity contribution in [3.8, 4) is 0 Å². The molecule has 0 aliphatic carbocycles. The van der Waals surface area contributed by atoms with Gasteiger partial charge in [0.25, 0.3) is 0 Å². The third-order valence-electron chi connectivity index (χ3n) is 4.08. The normalized spacial score (nSPS) is 10.5. The van der Waals surface area contributed by atoms with Crippen molar-refractivity contribution in [3.05, 3.63) is 101 Å². The maximum Gasteiger partial charge on any atom is 0.185 e. The topological polar surface area (TPSA) is 30.8 Å². The smallest absolute Gasteiger partial charge is 0.185 e. The monoisotopic (exact) mass is 377 g/mol. The van der Waals surface area contributed by atoms with Crippen LogP contribution in [0.15, 0.2) is 83.9 Å². The quantitative estimate of drug-likeness (QED) is 0.386. The first kappa shape index (κ1) is 19.1. The Hall–Kier alpha value is -2.68. The molecule has 0 aliphatic rings. The van der Waals surface area contributed by atoms with Crippen LogP contribution in [-0.4, -0.2) is 20.1 Å². The Kier molecular flexibility index (Phi) is 6.59. The summed E-state index contributed by atoms with van der Waals surface area (Å²) in [7, 11) is 3.16. The van der Waals surface area contributed by atoms with Crippen LogP contribution in [0.3, 0.4) is 0 Å². The molecule has 0 heterocycles. The Balaban J connectivity index is 2.15. The minimum Gasteiger partial charge on any atom is -0.352 e. The van der Waals surface area contributed by atoms with Crippen LogP contribution in [0.4, 0.5) is 5.69 Å². The van der Waals surface area contributed by atoms with Gasteiger partial charge in [0.1, 0.15) is 0 Å². The van der Waals surface area contributed by atoms with E-state index in [0.29, 0.717) is 10.7 Å². The maximum absolute atomic E-state index is 6.15. The van der Waals surface area contributed by atoms with E-state index in [4.69, 9.17) is 21.1 Å². The van der Waals surface area contributed by atoms with Crippen LogP contribution < -0.4 is 0 Å². The van der Waals surface area contributed by atoms with Crippen LogP contribution in [0.5, 0.6) is 0 Å². The molecule has 0 N–H and O–H groups in total. The Bertz CT molecular complexity index is 903. The number of nitrogens with zero attached hydrogens (tertiary/aromatic N) is 1. The van der Waals surface area contributed by atoms with Gasteiger partial charge in [-0.2, -0.15) is 0 Å². The van der Waals surface area contributed by atoms with Crippen LogP contribution in [0.1, 0.15) is 23.0 Å². The first-order valence-corrected chi connectivity index (χ1v) is 8.90. The summed E-state index contributed by atoms with van der Waals surface area (Å²) in [5.41, 5.74) is 4.43. The summed E-state index contributed by atoms with van der Waals surface area (Å²) in [6.45, 7) is 0. The van der Waals surface area contributed by atoms with E-state index in [1.165, 1.54) is 0 Å². The lowest BCUT2D eigenvalue weighted by Crippen LogP contribution is -2.03. The Morgan fingerprint density at radius 2 is 1.41 bits per heavy atom. The molecule has 0 radical (unpaired) electrons. The molecule has 0 amide bonds. The van der Waals surface area contributed by atoms with Gasteiger partial charge in [0.15, 0.2) is 6.29 Å². The molecular weight excluding hydrogens is 358 g/mol. The molecule has 3 rings (SSSR count). The van der Waals surface area contributed by atoms with Gasteiger partial charge in [-0.25, -0.2) is 4.99 Å². The fraction of sp³-hybridized carbons (Fsp3) is 0.130. The number of rotatable bonds is 6. The highest BCUT2D eigenvalue weighted by atomic mass is 35.5. The lowest BCUT2D eigenvalue weighted by atomic mass is 9.99. The highest BCUT2D eigenvalue weighted by Gasteiger charge is 2.14. The van der Waals surface area contributed by atoms with Gasteiger partial charge < -0.3 is 9.47 Å². The molecular formula is C23H20ClNO2. The molecule has 0 aromatic heterocycles. The summed E-state index contributed by atoms with van der Waals surface area (Å²) in [6, 6.07) is 25.6. The standard InChI is InChI=1S/C23H20ClNO2/c1-26-23(27-2)20-15-19(24)13-14-22(20)25-16-21(17-9-5-3-6-10-17)18-11-7-4-8-12-18/h3-15,23H,1-2H3. The van der Waals surface area contributed by atoms with Gasteiger partial charge in [0, 0.05) is 24.8 Å². The molecule has 4 heteroatoms. The molecule has 0 spiro atoms. The molecule has 3 nitrogen and oxygen atoms in total. The van der Waals surface area contributed by atoms with Crippen molar-refractivity contribution in [2.45, 2.75) is 6.29 Å². The molecule has 0 saturated heterocycles. The van der Waals surface area contributed by atoms with Gasteiger partial charge in [-0.1, -0.05) is 72.3 Å². The minimum absolute atomic E-state index is 0.554. The van der Waals surface area contributed by atoms with Crippen molar-refractivity contribution in [1.82, 2.24) is 0 Å². The third kappa shape index (κ3) is 4.73. The molecule has 136 valence electrons. The van der Waals surface area contributed by atoms with Crippen LogP contribution in [-0.2, 0) is 9.47 Å². The Morgan fingerprint density at radius 1 is 0.852 bits per heavy atom. The van der Waals surface area contributed by atoms with Crippen LogP contribution in [0.25, 0.3) is 5.57 Å².